The molecule has 8 nitrogen and oxygen atoms in total. The molecule has 3 atom stereocenters. The van der Waals surface area contributed by atoms with Gasteiger partial charge in [0.15, 0.2) is 0 Å². The minimum atomic E-state index is -1.53. The van der Waals surface area contributed by atoms with Crippen LogP contribution in [0.4, 0.5) is 5.82 Å². The summed E-state index contributed by atoms with van der Waals surface area (Å²) >= 11 is 3.98. The van der Waals surface area contributed by atoms with Crippen molar-refractivity contribution < 1.29 is 14.6 Å². The first-order valence-electron chi connectivity index (χ1n) is 6.63. The van der Waals surface area contributed by atoms with Crippen LogP contribution in [0.5, 0.6) is 0 Å². The van der Waals surface area contributed by atoms with E-state index in [1.54, 1.807) is 13.8 Å². The second-order valence-electron chi connectivity index (χ2n) is 4.28. The van der Waals surface area contributed by atoms with Crippen LogP contribution < -0.4 is 17.2 Å². The molecule has 1 heterocycles. The van der Waals surface area contributed by atoms with Crippen molar-refractivity contribution in [3.05, 3.63) is 22.2 Å². The van der Waals surface area contributed by atoms with Gasteiger partial charge in [-0.3, -0.25) is 4.57 Å². The van der Waals surface area contributed by atoms with E-state index in [-0.39, 0.29) is 12.4 Å². The van der Waals surface area contributed by atoms with E-state index in [4.69, 9.17) is 20.9 Å². The molecule has 22 heavy (non-hydrogen) atoms. The van der Waals surface area contributed by atoms with E-state index in [0.29, 0.717) is 12.0 Å². The quantitative estimate of drug-likeness (QED) is 0.319. The van der Waals surface area contributed by atoms with E-state index in [0.717, 1.165) is 0 Å². The first kappa shape index (κ1) is 18.5. The summed E-state index contributed by atoms with van der Waals surface area (Å²) in [5.74, 6) is 5.37. The first-order valence-corrected chi connectivity index (χ1v) is 7.15. The van der Waals surface area contributed by atoms with Crippen molar-refractivity contribution in [3.63, 3.8) is 0 Å². The third-order valence-corrected chi connectivity index (χ3v) is 2.67. The lowest BCUT2D eigenvalue weighted by Crippen LogP contribution is -2.32. The summed E-state index contributed by atoms with van der Waals surface area (Å²) in [7, 11) is 0. The number of nitrogen functional groups attached to an aromatic ring is 1. The van der Waals surface area contributed by atoms with Crippen LogP contribution in [-0.2, 0) is 9.47 Å². The molecule has 0 spiro atoms. The summed E-state index contributed by atoms with van der Waals surface area (Å²) in [5, 5.41) is 9.64. The number of ether oxygens (including phenoxy) is 2. The number of hydrogen-bond acceptors (Lipinski definition) is 8. The van der Waals surface area contributed by atoms with E-state index in [1.807, 2.05) is 0 Å². The van der Waals surface area contributed by atoms with E-state index in [2.05, 4.69) is 29.5 Å². The summed E-state index contributed by atoms with van der Waals surface area (Å²) in [4.78, 5) is 15.6. The summed E-state index contributed by atoms with van der Waals surface area (Å²) in [6, 6.07) is 0. The third kappa shape index (κ3) is 5.32. The van der Waals surface area contributed by atoms with Crippen LogP contribution in [0, 0.1) is 11.8 Å². The topological polar surface area (TPSA) is 126 Å². The molecule has 2 unspecified atom stereocenters. The SMILES string of the molecule is CCC(OC(O)O[C@H](C)S)n1cc(C#CCN)c(N)nc1=O. The maximum Gasteiger partial charge on any atom is 0.351 e. The van der Waals surface area contributed by atoms with E-state index in [1.165, 1.54) is 10.8 Å². The molecule has 1 aromatic rings. The van der Waals surface area contributed by atoms with Gasteiger partial charge in [0.05, 0.1) is 12.1 Å². The predicted octanol–water partition coefficient (Wildman–Crippen LogP) is -0.371. The molecule has 0 saturated carbocycles. The van der Waals surface area contributed by atoms with Crippen molar-refractivity contribution >= 4 is 18.4 Å². The van der Waals surface area contributed by atoms with E-state index in [9.17, 15) is 9.90 Å². The lowest BCUT2D eigenvalue weighted by molar-refractivity contribution is -0.298. The maximum atomic E-state index is 12.0. The van der Waals surface area contributed by atoms with Crippen LogP contribution in [0.15, 0.2) is 11.0 Å². The molecule has 5 N–H and O–H groups in total. The Morgan fingerprint density at radius 1 is 1.55 bits per heavy atom. The van der Waals surface area contributed by atoms with Crippen molar-refractivity contribution in [1.82, 2.24) is 9.55 Å². The third-order valence-electron chi connectivity index (χ3n) is 2.55. The zero-order valence-corrected chi connectivity index (χ0v) is 13.3. The van der Waals surface area contributed by atoms with Crippen LogP contribution in [0.3, 0.4) is 0 Å². The standard InChI is InChI=1S/C13H20N4O4S/c1-3-10(21-13(19)20-8(2)22)17-7-9(5-4-6-14)11(15)16-12(17)18/h7-8,10,13,19,22H,3,6,14H2,1-2H3,(H2,15,16,18)/t8-,10?,13?/m0/s1. The van der Waals surface area contributed by atoms with Crippen molar-refractivity contribution in [3.8, 4) is 11.8 Å². The van der Waals surface area contributed by atoms with Gasteiger partial charge in [-0.1, -0.05) is 18.8 Å². The molecule has 1 rings (SSSR count). The fourth-order valence-corrected chi connectivity index (χ4v) is 1.73. The molecule has 0 amide bonds. The molecule has 0 aliphatic heterocycles. The largest absolute Gasteiger partial charge is 0.382 e. The molecule has 0 radical (unpaired) electrons. The number of aromatic nitrogens is 2. The molecule has 0 saturated heterocycles. The number of hydrogen-bond donors (Lipinski definition) is 4. The lowest BCUT2D eigenvalue weighted by Gasteiger charge is -2.23. The Kier molecular flexibility index (Phi) is 7.37. The fourth-order valence-electron chi connectivity index (χ4n) is 1.62. The van der Waals surface area contributed by atoms with Crippen LogP contribution in [-0.4, -0.2) is 33.1 Å². The average molecular weight is 328 g/mol. The van der Waals surface area contributed by atoms with Crippen molar-refractivity contribution in [2.75, 3.05) is 12.3 Å². The van der Waals surface area contributed by atoms with Gasteiger partial charge in [0.1, 0.15) is 17.5 Å². The van der Waals surface area contributed by atoms with Crippen LogP contribution in [0.1, 0.15) is 32.1 Å². The van der Waals surface area contributed by atoms with Crippen molar-refractivity contribution in [1.29, 1.82) is 0 Å². The Morgan fingerprint density at radius 2 is 2.23 bits per heavy atom. The highest BCUT2D eigenvalue weighted by molar-refractivity contribution is 7.80. The van der Waals surface area contributed by atoms with Gasteiger partial charge >= 0.3 is 5.69 Å². The van der Waals surface area contributed by atoms with Gasteiger partial charge < -0.3 is 26.0 Å². The molecule has 0 aromatic carbocycles. The number of nitrogens with zero attached hydrogens (tertiary/aromatic N) is 2. The average Bonchev–Trinajstić information content (AvgIpc) is 2.43. The van der Waals surface area contributed by atoms with Gasteiger partial charge in [0.2, 0.25) is 0 Å². The monoisotopic (exact) mass is 328 g/mol. The van der Waals surface area contributed by atoms with Crippen LogP contribution in [0.2, 0.25) is 0 Å². The van der Waals surface area contributed by atoms with Gasteiger partial charge in [0, 0.05) is 6.20 Å². The Morgan fingerprint density at radius 3 is 2.77 bits per heavy atom. The fraction of sp³-hybridized carbons (Fsp3) is 0.538. The van der Waals surface area contributed by atoms with Gasteiger partial charge in [-0.05, 0) is 13.3 Å². The molecule has 0 bridgehead atoms. The molecular weight excluding hydrogens is 308 g/mol. The molecule has 122 valence electrons. The predicted molar refractivity (Wildman–Crippen MR) is 84.8 cm³/mol. The summed E-state index contributed by atoms with van der Waals surface area (Å²) in [6.45, 7) is 2.02. The summed E-state index contributed by atoms with van der Waals surface area (Å²) in [6.07, 6.45) is 1.01. The molecule has 9 heteroatoms. The lowest BCUT2D eigenvalue weighted by atomic mass is 10.3. The number of thiol groups is 1. The summed E-state index contributed by atoms with van der Waals surface area (Å²) in [5.41, 5.74) is 10.2. The van der Waals surface area contributed by atoms with Crippen LogP contribution >= 0.6 is 12.6 Å². The number of rotatable bonds is 6. The van der Waals surface area contributed by atoms with E-state index >= 15 is 0 Å². The molecule has 1 aromatic heterocycles. The highest BCUT2D eigenvalue weighted by Crippen LogP contribution is 2.16. The second-order valence-corrected chi connectivity index (χ2v) is 5.00. The number of aliphatic hydroxyl groups is 1. The second kappa shape index (κ2) is 8.77. The first-order chi connectivity index (χ1) is 10.4. The van der Waals surface area contributed by atoms with E-state index < -0.39 is 23.8 Å². The normalized spacial score (nSPS) is 14.8. The summed E-state index contributed by atoms with van der Waals surface area (Å²) < 4.78 is 11.4. The van der Waals surface area contributed by atoms with Crippen molar-refractivity contribution in [2.24, 2.45) is 5.73 Å². The molecular formula is C13H20N4O4S. The zero-order chi connectivity index (χ0) is 16.7. The Hall–Kier alpha value is -1.57. The Bertz CT molecular complexity index is 608. The van der Waals surface area contributed by atoms with Crippen molar-refractivity contribution in [2.45, 2.75) is 38.4 Å². The number of anilines is 1. The van der Waals surface area contributed by atoms with Crippen LogP contribution in [0.25, 0.3) is 0 Å². The molecule has 0 aliphatic rings. The maximum absolute atomic E-state index is 12.0. The highest BCUT2D eigenvalue weighted by Gasteiger charge is 2.19. The van der Waals surface area contributed by atoms with Gasteiger partial charge in [-0.2, -0.15) is 4.98 Å². The number of nitrogens with two attached hydrogens (primary N) is 2. The van der Waals surface area contributed by atoms with Gasteiger partial charge in [-0.15, -0.1) is 12.6 Å². The highest BCUT2D eigenvalue weighted by atomic mass is 32.1. The molecule has 0 fully saturated rings. The Labute approximate surface area is 133 Å². The Balaban J connectivity index is 3.08. The minimum absolute atomic E-state index is 0.0119. The number of aliphatic hydroxyl groups excluding tert-OH is 1. The van der Waals surface area contributed by atoms with Gasteiger partial charge in [-0.25, -0.2) is 4.79 Å². The van der Waals surface area contributed by atoms with Gasteiger partial charge in [0.25, 0.3) is 6.48 Å². The zero-order valence-electron chi connectivity index (χ0n) is 12.4. The smallest absolute Gasteiger partial charge is 0.351 e. The minimum Gasteiger partial charge on any atom is -0.382 e. The molecule has 0 aliphatic carbocycles.